The Hall–Kier alpha value is -2.49. The first kappa shape index (κ1) is 19.3. The third-order valence-electron chi connectivity index (χ3n) is 5.48. The Kier molecular flexibility index (Phi) is 4.94. The molecule has 2 aromatic carbocycles. The predicted octanol–water partition coefficient (Wildman–Crippen LogP) is 5.64. The Balaban J connectivity index is 2.17. The third-order valence-corrected chi connectivity index (χ3v) is 5.48. The number of carboxylic acids is 1. The van der Waals surface area contributed by atoms with Crippen molar-refractivity contribution in [2.24, 2.45) is 0 Å². The molecule has 4 heteroatoms. The fourth-order valence-corrected chi connectivity index (χ4v) is 4.00. The number of anilines is 2. The first-order valence-electron chi connectivity index (χ1n) is 9.59. The fraction of sp³-hybridized carbons (Fsp3) is 0.435. The molecule has 0 saturated carbocycles. The van der Waals surface area contributed by atoms with Crippen molar-refractivity contribution in [3.63, 3.8) is 0 Å². The van der Waals surface area contributed by atoms with Gasteiger partial charge < -0.3 is 14.7 Å². The molecule has 1 heterocycles. The Morgan fingerprint density at radius 2 is 1.89 bits per heavy atom. The van der Waals surface area contributed by atoms with E-state index < -0.39 is 5.97 Å². The molecule has 3 rings (SSSR count). The zero-order valence-corrected chi connectivity index (χ0v) is 17.1. The third kappa shape index (κ3) is 3.29. The summed E-state index contributed by atoms with van der Waals surface area (Å²) in [5, 5.41) is 9.17. The highest BCUT2D eigenvalue weighted by Crippen LogP contribution is 2.48. The highest BCUT2D eigenvalue weighted by atomic mass is 16.5. The second kappa shape index (κ2) is 6.91. The van der Waals surface area contributed by atoms with E-state index in [4.69, 9.17) is 9.84 Å². The standard InChI is InChI=1S/C23H29NO3/c1-7-24(17-10-8-16(9-11-17)22(25)26)19-12-18-21(27-13-23(18,5)6)20(14(2)3)15(19)4/h8-12,14H,7,13H2,1-6H3,(H,25,26). The van der Waals surface area contributed by atoms with Crippen LogP contribution in [0.25, 0.3) is 0 Å². The molecule has 0 atom stereocenters. The molecule has 0 saturated heterocycles. The van der Waals surface area contributed by atoms with Crippen LogP contribution in [-0.4, -0.2) is 24.2 Å². The van der Waals surface area contributed by atoms with Crippen LogP contribution in [0.3, 0.4) is 0 Å². The van der Waals surface area contributed by atoms with Gasteiger partial charge in [-0.2, -0.15) is 0 Å². The summed E-state index contributed by atoms with van der Waals surface area (Å²) >= 11 is 0. The molecule has 0 bridgehead atoms. The van der Waals surface area contributed by atoms with E-state index in [1.165, 1.54) is 22.4 Å². The normalized spacial score (nSPS) is 14.8. The predicted molar refractivity (Wildman–Crippen MR) is 110 cm³/mol. The van der Waals surface area contributed by atoms with Crippen molar-refractivity contribution in [1.82, 2.24) is 0 Å². The lowest BCUT2D eigenvalue weighted by atomic mass is 9.82. The van der Waals surface area contributed by atoms with Gasteiger partial charge in [-0.25, -0.2) is 4.79 Å². The number of hydrogen-bond acceptors (Lipinski definition) is 3. The number of carbonyl (C=O) groups is 1. The van der Waals surface area contributed by atoms with Crippen molar-refractivity contribution in [3.8, 4) is 5.75 Å². The molecular weight excluding hydrogens is 338 g/mol. The van der Waals surface area contributed by atoms with Crippen molar-refractivity contribution in [3.05, 3.63) is 52.6 Å². The lowest BCUT2D eigenvalue weighted by Gasteiger charge is -2.29. The van der Waals surface area contributed by atoms with E-state index in [0.717, 1.165) is 18.0 Å². The minimum atomic E-state index is -0.903. The molecule has 27 heavy (non-hydrogen) atoms. The van der Waals surface area contributed by atoms with Gasteiger partial charge in [-0.15, -0.1) is 0 Å². The average molecular weight is 367 g/mol. The van der Waals surface area contributed by atoms with Gasteiger partial charge in [0.2, 0.25) is 0 Å². The Labute approximate surface area is 161 Å². The first-order valence-corrected chi connectivity index (χ1v) is 9.59. The molecular formula is C23H29NO3. The minimum absolute atomic E-state index is 0.0198. The molecule has 0 aromatic heterocycles. The van der Waals surface area contributed by atoms with Crippen LogP contribution in [-0.2, 0) is 5.41 Å². The highest BCUT2D eigenvalue weighted by molar-refractivity contribution is 5.88. The maximum Gasteiger partial charge on any atom is 0.335 e. The second-order valence-corrected chi connectivity index (χ2v) is 8.23. The van der Waals surface area contributed by atoms with Gasteiger partial charge in [0.05, 0.1) is 12.2 Å². The number of nitrogens with zero attached hydrogens (tertiary/aromatic N) is 1. The highest BCUT2D eigenvalue weighted by Gasteiger charge is 2.36. The van der Waals surface area contributed by atoms with Crippen molar-refractivity contribution in [2.75, 3.05) is 18.1 Å². The van der Waals surface area contributed by atoms with E-state index in [1.807, 2.05) is 12.1 Å². The van der Waals surface area contributed by atoms with Gasteiger partial charge >= 0.3 is 5.97 Å². The molecule has 4 nitrogen and oxygen atoms in total. The number of rotatable bonds is 5. The van der Waals surface area contributed by atoms with E-state index in [9.17, 15) is 4.79 Å². The molecule has 0 aliphatic carbocycles. The SMILES string of the molecule is CCN(c1ccc(C(=O)O)cc1)c1cc2c(c(C(C)C)c1C)OCC2(C)C. The summed E-state index contributed by atoms with van der Waals surface area (Å²) in [5.41, 5.74) is 6.21. The maximum atomic E-state index is 11.2. The summed E-state index contributed by atoms with van der Waals surface area (Å²) < 4.78 is 6.12. The molecule has 1 aliphatic heterocycles. The molecule has 1 aliphatic rings. The molecule has 0 spiro atoms. The summed E-state index contributed by atoms with van der Waals surface area (Å²) in [7, 11) is 0. The maximum absolute atomic E-state index is 11.2. The van der Waals surface area contributed by atoms with E-state index >= 15 is 0 Å². The number of fused-ring (bicyclic) bond motifs is 1. The zero-order chi connectivity index (χ0) is 19.9. The van der Waals surface area contributed by atoms with Crippen molar-refractivity contribution >= 4 is 17.3 Å². The number of hydrogen-bond donors (Lipinski definition) is 1. The molecule has 0 fully saturated rings. The quantitative estimate of drug-likeness (QED) is 0.742. The number of benzene rings is 2. The summed E-state index contributed by atoms with van der Waals surface area (Å²) in [6, 6.07) is 9.36. The molecule has 1 N–H and O–H groups in total. The average Bonchev–Trinajstić information content (AvgIpc) is 2.90. The van der Waals surface area contributed by atoms with Crippen LogP contribution >= 0.6 is 0 Å². The van der Waals surface area contributed by atoms with Crippen molar-refractivity contribution < 1.29 is 14.6 Å². The first-order chi connectivity index (χ1) is 12.7. The lowest BCUT2D eigenvalue weighted by molar-refractivity contribution is 0.0697. The monoisotopic (exact) mass is 367 g/mol. The van der Waals surface area contributed by atoms with Crippen LogP contribution in [0, 0.1) is 6.92 Å². The molecule has 2 aromatic rings. The van der Waals surface area contributed by atoms with Gasteiger partial charge in [0.25, 0.3) is 0 Å². The van der Waals surface area contributed by atoms with Crippen molar-refractivity contribution in [1.29, 1.82) is 0 Å². The molecule has 144 valence electrons. The van der Waals surface area contributed by atoms with Crippen LogP contribution in [0.15, 0.2) is 30.3 Å². The van der Waals surface area contributed by atoms with E-state index in [0.29, 0.717) is 18.1 Å². The van der Waals surface area contributed by atoms with Crippen LogP contribution in [0.1, 0.15) is 67.6 Å². The second-order valence-electron chi connectivity index (χ2n) is 8.23. The van der Waals surface area contributed by atoms with Crippen LogP contribution in [0.4, 0.5) is 11.4 Å². The lowest BCUT2D eigenvalue weighted by Crippen LogP contribution is -2.21. The summed E-state index contributed by atoms with van der Waals surface area (Å²) in [5.74, 6) is 0.508. The Bertz CT molecular complexity index is 866. The summed E-state index contributed by atoms with van der Waals surface area (Å²) in [6.07, 6.45) is 0. The zero-order valence-electron chi connectivity index (χ0n) is 17.1. The van der Waals surface area contributed by atoms with Gasteiger partial charge in [-0.05, 0) is 55.7 Å². The van der Waals surface area contributed by atoms with Crippen molar-refractivity contribution in [2.45, 2.75) is 52.9 Å². The minimum Gasteiger partial charge on any atom is -0.492 e. The van der Waals surface area contributed by atoms with Gasteiger partial charge in [-0.3, -0.25) is 0 Å². The Morgan fingerprint density at radius 3 is 2.41 bits per heavy atom. The van der Waals surface area contributed by atoms with Crippen LogP contribution < -0.4 is 9.64 Å². The van der Waals surface area contributed by atoms with E-state index in [2.05, 4.69) is 52.5 Å². The van der Waals surface area contributed by atoms with Gasteiger partial charge in [-0.1, -0.05) is 27.7 Å². The smallest absolute Gasteiger partial charge is 0.335 e. The number of carboxylic acid groups (broad SMARTS) is 1. The summed E-state index contributed by atoms with van der Waals surface area (Å²) in [4.78, 5) is 13.4. The van der Waals surface area contributed by atoms with Gasteiger partial charge in [0.1, 0.15) is 5.75 Å². The van der Waals surface area contributed by atoms with Gasteiger partial charge in [0, 0.05) is 34.5 Å². The number of ether oxygens (including phenoxy) is 1. The summed E-state index contributed by atoms with van der Waals surface area (Å²) in [6.45, 7) is 14.6. The fourth-order valence-electron chi connectivity index (χ4n) is 4.00. The largest absolute Gasteiger partial charge is 0.492 e. The molecule has 0 unspecified atom stereocenters. The number of aromatic carboxylic acids is 1. The molecule has 0 radical (unpaired) electrons. The topological polar surface area (TPSA) is 49.8 Å². The van der Waals surface area contributed by atoms with E-state index in [-0.39, 0.29) is 5.41 Å². The van der Waals surface area contributed by atoms with E-state index in [1.54, 1.807) is 12.1 Å². The van der Waals surface area contributed by atoms with Gasteiger partial charge in [0.15, 0.2) is 0 Å². The van der Waals surface area contributed by atoms with Crippen LogP contribution in [0.2, 0.25) is 0 Å². The Morgan fingerprint density at radius 1 is 1.26 bits per heavy atom. The molecule has 0 amide bonds. The van der Waals surface area contributed by atoms with Crippen LogP contribution in [0.5, 0.6) is 5.75 Å².